The Morgan fingerprint density at radius 3 is 2.39 bits per heavy atom. The first-order valence-electron chi connectivity index (χ1n) is 10.2. The summed E-state index contributed by atoms with van der Waals surface area (Å²) < 4.78 is 0. The zero-order chi connectivity index (χ0) is 23.4. The maximum Gasteiger partial charge on any atom is 0.322 e. The predicted octanol–water partition coefficient (Wildman–Crippen LogP) is -1.77. The third-order valence-corrected chi connectivity index (χ3v) is 4.58. The lowest BCUT2D eigenvalue weighted by Crippen LogP contribution is -2.57. The molecule has 174 valence electrons. The molecule has 0 aromatic carbocycles. The van der Waals surface area contributed by atoms with Gasteiger partial charge >= 0.3 is 5.97 Å². The zero-order valence-electron chi connectivity index (χ0n) is 17.9. The van der Waals surface area contributed by atoms with E-state index in [1.807, 2.05) is 0 Å². The van der Waals surface area contributed by atoms with Crippen molar-refractivity contribution in [2.45, 2.75) is 57.7 Å². The first-order valence-corrected chi connectivity index (χ1v) is 10.2. The molecular weight excluding hydrogens is 406 g/mol. The van der Waals surface area contributed by atoms with Crippen molar-refractivity contribution in [1.29, 1.82) is 0 Å². The van der Waals surface area contributed by atoms with Crippen molar-refractivity contribution in [2.24, 2.45) is 17.4 Å². The SMILES string of the molecule is CC(C)C(NC(=O)C(Cc1cnc[nH]1)NC(=O)C(N)CCCCN)C(=O)NCC(=O)O. The van der Waals surface area contributed by atoms with E-state index in [9.17, 15) is 19.2 Å². The molecule has 0 bridgehead atoms. The number of carbonyl (C=O) groups excluding carboxylic acids is 3. The molecule has 0 fully saturated rings. The van der Waals surface area contributed by atoms with E-state index in [-0.39, 0.29) is 12.3 Å². The fraction of sp³-hybridized carbons (Fsp3) is 0.632. The molecule has 3 atom stereocenters. The normalized spacial score (nSPS) is 13.8. The summed E-state index contributed by atoms with van der Waals surface area (Å²) in [6.07, 6.45) is 4.92. The summed E-state index contributed by atoms with van der Waals surface area (Å²) in [5.74, 6) is -3.24. The second kappa shape index (κ2) is 13.3. The summed E-state index contributed by atoms with van der Waals surface area (Å²) in [5.41, 5.74) is 12.0. The number of nitrogens with zero attached hydrogens (tertiary/aromatic N) is 1. The molecule has 12 nitrogen and oxygen atoms in total. The van der Waals surface area contributed by atoms with Gasteiger partial charge in [-0.15, -0.1) is 0 Å². The first kappa shape index (κ1) is 26.0. The Kier molecular flexibility index (Phi) is 11.2. The Morgan fingerprint density at radius 1 is 1.13 bits per heavy atom. The summed E-state index contributed by atoms with van der Waals surface area (Å²) in [4.78, 5) is 55.2. The number of nitrogens with one attached hydrogen (secondary N) is 4. The van der Waals surface area contributed by atoms with Gasteiger partial charge in [0.15, 0.2) is 0 Å². The van der Waals surface area contributed by atoms with E-state index in [4.69, 9.17) is 16.6 Å². The number of hydrogen-bond donors (Lipinski definition) is 7. The molecule has 0 radical (unpaired) electrons. The van der Waals surface area contributed by atoms with Crippen LogP contribution in [0.3, 0.4) is 0 Å². The van der Waals surface area contributed by atoms with Crippen LogP contribution in [0.4, 0.5) is 0 Å². The number of unbranched alkanes of at least 4 members (excludes halogenated alkanes) is 1. The standard InChI is InChI=1S/C19H33N7O5/c1-11(2)16(19(31)23-9-15(27)28)26-18(30)14(7-12-8-22-10-24-12)25-17(29)13(21)5-3-4-6-20/h8,10-11,13-14,16H,3-7,9,20-21H2,1-2H3,(H,22,24)(H,23,31)(H,25,29)(H,26,30)(H,27,28). The van der Waals surface area contributed by atoms with Gasteiger partial charge in [0.05, 0.1) is 12.4 Å². The van der Waals surface area contributed by atoms with Gasteiger partial charge in [0, 0.05) is 18.3 Å². The highest BCUT2D eigenvalue weighted by Gasteiger charge is 2.30. The minimum absolute atomic E-state index is 0.106. The zero-order valence-corrected chi connectivity index (χ0v) is 17.9. The molecule has 12 heteroatoms. The number of rotatable bonds is 14. The highest BCUT2D eigenvalue weighted by atomic mass is 16.4. The Bertz CT molecular complexity index is 723. The highest BCUT2D eigenvalue weighted by molar-refractivity contribution is 5.93. The van der Waals surface area contributed by atoms with E-state index in [2.05, 4.69) is 25.9 Å². The quantitative estimate of drug-likeness (QED) is 0.165. The molecule has 0 aliphatic rings. The van der Waals surface area contributed by atoms with Crippen LogP contribution < -0.4 is 27.4 Å². The van der Waals surface area contributed by atoms with E-state index in [1.54, 1.807) is 13.8 Å². The Hall–Kier alpha value is -2.99. The molecule has 0 saturated carbocycles. The van der Waals surface area contributed by atoms with Gasteiger partial charge < -0.3 is 37.5 Å². The van der Waals surface area contributed by atoms with Gasteiger partial charge in [-0.05, 0) is 25.3 Å². The van der Waals surface area contributed by atoms with Crippen LogP contribution in [0.5, 0.6) is 0 Å². The van der Waals surface area contributed by atoms with Crippen LogP contribution in [0.2, 0.25) is 0 Å². The van der Waals surface area contributed by atoms with E-state index in [0.717, 1.165) is 6.42 Å². The lowest BCUT2D eigenvalue weighted by molar-refractivity contribution is -0.139. The molecule has 0 saturated heterocycles. The molecule has 9 N–H and O–H groups in total. The van der Waals surface area contributed by atoms with E-state index >= 15 is 0 Å². The van der Waals surface area contributed by atoms with Crippen LogP contribution in [0, 0.1) is 5.92 Å². The number of aliphatic carboxylic acids is 1. The second-order valence-corrected chi connectivity index (χ2v) is 7.57. The average molecular weight is 440 g/mol. The smallest absolute Gasteiger partial charge is 0.322 e. The molecule has 1 rings (SSSR count). The Labute approximate surface area is 180 Å². The van der Waals surface area contributed by atoms with E-state index in [1.165, 1.54) is 12.5 Å². The van der Waals surface area contributed by atoms with E-state index in [0.29, 0.717) is 25.1 Å². The number of carboxylic acid groups (broad SMARTS) is 1. The lowest BCUT2D eigenvalue weighted by Gasteiger charge is -2.25. The molecule has 1 aromatic rings. The number of aromatic amines is 1. The molecular formula is C19H33N7O5. The maximum absolute atomic E-state index is 12.9. The molecule has 0 aliphatic heterocycles. The van der Waals surface area contributed by atoms with Crippen molar-refractivity contribution in [3.05, 3.63) is 18.2 Å². The van der Waals surface area contributed by atoms with Crippen molar-refractivity contribution in [1.82, 2.24) is 25.9 Å². The number of hydrogen-bond acceptors (Lipinski definition) is 7. The third-order valence-electron chi connectivity index (χ3n) is 4.58. The van der Waals surface area contributed by atoms with Gasteiger partial charge in [0.2, 0.25) is 17.7 Å². The van der Waals surface area contributed by atoms with Crippen molar-refractivity contribution >= 4 is 23.7 Å². The number of carboxylic acids is 1. The molecule has 0 spiro atoms. The minimum atomic E-state index is -1.20. The van der Waals surface area contributed by atoms with Gasteiger partial charge in [-0.3, -0.25) is 19.2 Å². The number of amides is 3. The van der Waals surface area contributed by atoms with Crippen molar-refractivity contribution in [2.75, 3.05) is 13.1 Å². The summed E-state index contributed by atoms with van der Waals surface area (Å²) in [5, 5.41) is 16.2. The lowest BCUT2D eigenvalue weighted by atomic mass is 10.0. The van der Waals surface area contributed by atoms with Gasteiger partial charge in [-0.2, -0.15) is 0 Å². The summed E-state index contributed by atoms with van der Waals surface area (Å²) in [6.45, 7) is 3.35. The maximum atomic E-state index is 12.9. The van der Waals surface area contributed by atoms with Gasteiger partial charge in [-0.1, -0.05) is 20.3 Å². The molecule has 1 heterocycles. The topological polar surface area (TPSA) is 205 Å². The molecule has 0 aliphatic carbocycles. The fourth-order valence-electron chi connectivity index (χ4n) is 2.81. The monoisotopic (exact) mass is 439 g/mol. The number of imidazole rings is 1. The largest absolute Gasteiger partial charge is 0.480 e. The van der Waals surface area contributed by atoms with Crippen LogP contribution in [-0.4, -0.2) is 70.0 Å². The number of carbonyl (C=O) groups is 4. The molecule has 3 unspecified atom stereocenters. The van der Waals surface area contributed by atoms with Gasteiger partial charge in [0.1, 0.15) is 18.6 Å². The number of aromatic nitrogens is 2. The summed E-state index contributed by atoms with van der Waals surface area (Å²) in [6, 6.07) is -2.79. The van der Waals surface area contributed by atoms with Gasteiger partial charge in [0.25, 0.3) is 0 Å². The first-order chi connectivity index (χ1) is 14.6. The van der Waals surface area contributed by atoms with Gasteiger partial charge in [-0.25, -0.2) is 4.98 Å². The van der Waals surface area contributed by atoms with E-state index < -0.39 is 48.4 Å². The Balaban J connectivity index is 2.87. The van der Waals surface area contributed by atoms with Crippen LogP contribution in [-0.2, 0) is 25.6 Å². The molecule has 3 amide bonds. The fourth-order valence-corrected chi connectivity index (χ4v) is 2.81. The number of H-pyrrole nitrogens is 1. The number of nitrogens with two attached hydrogens (primary N) is 2. The van der Waals surface area contributed by atoms with Crippen molar-refractivity contribution in [3.63, 3.8) is 0 Å². The Morgan fingerprint density at radius 2 is 1.84 bits per heavy atom. The third kappa shape index (κ3) is 9.57. The van der Waals surface area contributed by atoms with Crippen LogP contribution in [0.25, 0.3) is 0 Å². The summed E-state index contributed by atoms with van der Waals surface area (Å²) in [7, 11) is 0. The average Bonchev–Trinajstić information content (AvgIpc) is 3.22. The molecule has 31 heavy (non-hydrogen) atoms. The summed E-state index contributed by atoms with van der Waals surface area (Å²) >= 11 is 0. The van der Waals surface area contributed by atoms with Crippen molar-refractivity contribution < 1.29 is 24.3 Å². The van der Waals surface area contributed by atoms with Crippen LogP contribution in [0.1, 0.15) is 38.8 Å². The second-order valence-electron chi connectivity index (χ2n) is 7.57. The molecule has 1 aromatic heterocycles. The predicted molar refractivity (Wildman–Crippen MR) is 113 cm³/mol. The van der Waals surface area contributed by atoms with Crippen LogP contribution >= 0.6 is 0 Å². The minimum Gasteiger partial charge on any atom is -0.480 e. The van der Waals surface area contributed by atoms with Crippen molar-refractivity contribution in [3.8, 4) is 0 Å². The van der Waals surface area contributed by atoms with Crippen LogP contribution in [0.15, 0.2) is 12.5 Å². The highest BCUT2D eigenvalue weighted by Crippen LogP contribution is 2.06.